The summed E-state index contributed by atoms with van der Waals surface area (Å²) in [6.45, 7) is 0. The number of hydrogen-bond donors (Lipinski definition) is 1. The second kappa shape index (κ2) is 3.62. The molecule has 1 fully saturated rings. The Morgan fingerprint density at radius 1 is 1.33 bits per heavy atom. The van der Waals surface area contributed by atoms with Gasteiger partial charge in [-0.25, -0.2) is 0 Å². The zero-order valence-corrected chi connectivity index (χ0v) is 9.33. The van der Waals surface area contributed by atoms with Crippen molar-refractivity contribution in [3.05, 3.63) is 35.2 Å². The van der Waals surface area contributed by atoms with E-state index in [1.165, 1.54) is 28.5 Å². The van der Waals surface area contributed by atoms with Crippen molar-refractivity contribution in [1.29, 1.82) is 0 Å². The molecule has 1 unspecified atom stereocenters. The van der Waals surface area contributed by atoms with Gasteiger partial charge in [-0.1, -0.05) is 18.2 Å². The van der Waals surface area contributed by atoms with Crippen LogP contribution in [-0.4, -0.2) is 11.2 Å². The van der Waals surface area contributed by atoms with Crippen molar-refractivity contribution in [3.63, 3.8) is 0 Å². The van der Waals surface area contributed by atoms with Crippen LogP contribution in [0.3, 0.4) is 0 Å². The third kappa shape index (κ3) is 1.80. The van der Waals surface area contributed by atoms with Gasteiger partial charge in [0.1, 0.15) is 0 Å². The maximum atomic E-state index is 9.92. The van der Waals surface area contributed by atoms with Gasteiger partial charge in [0.05, 0.1) is 6.10 Å². The Hall–Kier alpha value is -0.860. The van der Waals surface area contributed by atoms with Crippen molar-refractivity contribution in [2.24, 2.45) is 5.92 Å². The lowest BCUT2D eigenvalue weighted by Gasteiger charge is -2.07. The maximum Gasteiger partial charge on any atom is 0.0609 e. The molecule has 1 aromatic carbocycles. The lowest BCUT2D eigenvalue weighted by Crippen LogP contribution is -2.12. The molecule has 0 bridgehead atoms. The van der Waals surface area contributed by atoms with Crippen LogP contribution in [0.4, 0.5) is 0 Å². The molecule has 0 amide bonds. The van der Waals surface area contributed by atoms with Gasteiger partial charge in [0.15, 0.2) is 0 Å². The van der Waals surface area contributed by atoms with Gasteiger partial charge in [-0.2, -0.15) is 0 Å². The predicted octanol–water partition coefficient (Wildman–Crippen LogP) is 3.21. The van der Waals surface area contributed by atoms with Crippen LogP contribution in [0.5, 0.6) is 0 Å². The molecule has 1 aliphatic carbocycles. The first-order valence-electron chi connectivity index (χ1n) is 5.48. The van der Waals surface area contributed by atoms with E-state index in [9.17, 15) is 5.11 Å². The Morgan fingerprint density at radius 2 is 2.13 bits per heavy atom. The first-order valence-corrected chi connectivity index (χ1v) is 6.36. The molecule has 3 rings (SSSR count). The highest BCUT2D eigenvalue weighted by atomic mass is 32.1. The molecule has 15 heavy (non-hydrogen) atoms. The van der Waals surface area contributed by atoms with Crippen molar-refractivity contribution < 1.29 is 5.11 Å². The molecule has 0 saturated heterocycles. The second-order valence-corrected chi connectivity index (χ2v) is 5.28. The summed E-state index contributed by atoms with van der Waals surface area (Å²) in [5, 5.41) is 13.4. The number of benzene rings is 1. The molecular weight excluding hydrogens is 204 g/mol. The Bertz CT molecular complexity index is 470. The summed E-state index contributed by atoms with van der Waals surface area (Å²) < 4.78 is 1.33. The Labute approximate surface area is 93.4 Å². The monoisotopic (exact) mass is 218 g/mol. The second-order valence-electron chi connectivity index (χ2n) is 4.37. The van der Waals surface area contributed by atoms with Crippen molar-refractivity contribution in [2.45, 2.75) is 25.4 Å². The molecule has 1 atom stereocenters. The van der Waals surface area contributed by atoms with Gasteiger partial charge in [0.2, 0.25) is 0 Å². The zero-order chi connectivity index (χ0) is 10.3. The van der Waals surface area contributed by atoms with Crippen LogP contribution in [0.1, 0.15) is 18.4 Å². The average molecular weight is 218 g/mol. The summed E-state index contributed by atoms with van der Waals surface area (Å²) in [7, 11) is 0. The van der Waals surface area contributed by atoms with Crippen molar-refractivity contribution in [2.75, 3.05) is 0 Å². The summed E-state index contributed by atoms with van der Waals surface area (Å²) in [4.78, 5) is 0. The number of fused-ring (bicyclic) bond motifs is 1. The molecule has 1 aliphatic rings. The summed E-state index contributed by atoms with van der Waals surface area (Å²) in [5.74, 6) is 0.573. The van der Waals surface area contributed by atoms with E-state index in [1.807, 2.05) is 0 Å². The molecule has 1 saturated carbocycles. The lowest BCUT2D eigenvalue weighted by molar-refractivity contribution is 0.152. The number of aliphatic hydroxyl groups is 1. The largest absolute Gasteiger partial charge is 0.392 e. The van der Waals surface area contributed by atoms with E-state index in [4.69, 9.17) is 0 Å². The quantitative estimate of drug-likeness (QED) is 0.838. The molecule has 1 aromatic heterocycles. The first-order chi connectivity index (χ1) is 7.34. The van der Waals surface area contributed by atoms with Gasteiger partial charge in [-0.3, -0.25) is 0 Å². The highest BCUT2D eigenvalue weighted by Gasteiger charge is 2.29. The fourth-order valence-corrected chi connectivity index (χ4v) is 3.04. The lowest BCUT2D eigenvalue weighted by atomic mass is 10.0. The summed E-state index contributed by atoms with van der Waals surface area (Å²) in [6.07, 6.45) is 3.13. The van der Waals surface area contributed by atoms with Crippen LogP contribution in [-0.2, 0) is 6.42 Å². The third-order valence-electron chi connectivity index (χ3n) is 3.16. The van der Waals surface area contributed by atoms with Crippen molar-refractivity contribution >= 4 is 21.4 Å². The zero-order valence-electron chi connectivity index (χ0n) is 8.52. The minimum atomic E-state index is -0.122. The maximum absolute atomic E-state index is 9.92. The van der Waals surface area contributed by atoms with Crippen molar-refractivity contribution in [1.82, 2.24) is 0 Å². The van der Waals surface area contributed by atoms with E-state index in [-0.39, 0.29) is 6.10 Å². The highest BCUT2D eigenvalue weighted by Crippen LogP contribution is 2.35. The Morgan fingerprint density at radius 3 is 2.93 bits per heavy atom. The van der Waals surface area contributed by atoms with Gasteiger partial charge in [-0.05, 0) is 41.2 Å². The highest BCUT2D eigenvalue weighted by molar-refractivity contribution is 7.17. The third-order valence-corrected chi connectivity index (χ3v) is 4.17. The average Bonchev–Trinajstić information content (AvgIpc) is 3.03. The summed E-state index contributed by atoms with van der Waals surface area (Å²) in [6, 6.07) is 8.44. The minimum Gasteiger partial charge on any atom is -0.392 e. The molecule has 1 heterocycles. The van der Waals surface area contributed by atoms with E-state index in [0.29, 0.717) is 5.92 Å². The molecular formula is C13H14OS. The van der Waals surface area contributed by atoms with Crippen molar-refractivity contribution in [3.8, 4) is 0 Å². The minimum absolute atomic E-state index is 0.122. The molecule has 2 aromatic rings. The standard InChI is InChI=1S/C13H14OS/c14-12(9-5-6-9)7-10-8-15-13-4-2-1-3-11(10)13/h1-4,8-9,12,14H,5-7H2. The van der Waals surface area contributed by atoms with Crippen LogP contribution in [0, 0.1) is 5.92 Å². The van der Waals surface area contributed by atoms with Crippen LogP contribution >= 0.6 is 11.3 Å². The molecule has 0 aliphatic heterocycles. The van der Waals surface area contributed by atoms with Gasteiger partial charge in [0.25, 0.3) is 0 Å². The Kier molecular flexibility index (Phi) is 2.26. The van der Waals surface area contributed by atoms with Gasteiger partial charge in [0, 0.05) is 11.1 Å². The molecule has 78 valence electrons. The van der Waals surface area contributed by atoms with E-state index in [0.717, 1.165) is 6.42 Å². The van der Waals surface area contributed by atoms with E-state index in [2.05, 4.69) is 29.6 Å². The molecule has 2 heteroatoms. The SMILES string of the molecule is OC(Cc1csc2ccccc12)C1CC1. The number of hydrogen-bond acceptors (Lipinski definition) is 2. The number of rotatable bonds is 3. The fourth-order valence-electron chi connectivity index (χ4n) is 2.06. The summed E-state index contributed by atoms with van der Waals surface area (Å²) in [5.41, 5.74) is 1.31. The van der Waals surface area contributed by atoms with Gasteiger partial charge < -0.3 is 5.11 Å². The van der Waals surface area contributed by atoms with Crippen LogP contribution in [0.2, 0.25) is 0 Å². The fraction of sp³-hybridized carbons (Fsp3) is 0.385. The normalized spacial score (nSPS) is 18.2. The number of thiophene rings is 1. The van der Waals surface area contributed by atoms with Gasteiger partial charge in [-0.15, -0.1) is 11.3 Å². The van der Waals surface area contributed by atoms with Crippen LogP contribution < -0.4 is 0 Å². The van der Waals surface area contributed by atoms with E-state index in [1.54, 1.807) is 11.3 Å². The van der Waals surface area contributed by atoms with Gasteiger partial charge >= 0.3 is 0 Å². The topological polar surface area (TPSA) is 20.2 Å². The molecule has 0 spiro atoms. The Balaban J connectivity index is 1.90. The van der Waals surface area contributed by atoms with Crippen LogP contribution in [0.15, 0.2) is 29.6 Å². The smallest absolute Gasteiger partial charge is 0.0609 e. The van der Waals surface area contributed by atoms with Crippen LogP contribution in [0.25, 0.3) is 10.1 Å². The predicted molar refractivity (Wildman–Crippen MR) is 64.3 cm³/mol. The van der Waals surface area contributed by atoms with E-state index >= 15 is 0 Å². The van der Waals surface area contributed by atoms with E-state index < -0.39 is 0 Å². The summed E-state index contributed by atoms with van der Waals surface area (Å²) >= 11 is 1.78. The molecule has 1 N–H and O–H groups in total. The molecule has 1 nitrogen and oxygen atoms in total. The first kappa shape index (κ1) is 9.37. The number of aliphatic hydroxyl groups excluding tert-OH is 1. The molecule has 0 radical (unpaired) electrons.